The number of hydrogen-bond acceptors (Lipinski definition) is 3. The summed E-state index contributed by atoms with van der Waals surface area (Å²) in [5.41, 5.74) is 1.01. The van der Waals surface area contributed by atoms with Crippen LogP contribution in [0.1, 0.15) is 11.5 Å². The van der Waals surface area contributed by atoms with Crippen molar-refractivity contribution in [2.75, 3.05) is 0 Å². The maximum atomic E-state index is 11.9. The van der Waals surface area contributed by atoms with E-state index in [4.69, 9.17) is 0 Å². The van der Waals surface area contributed by atoms with E-state index in [0.717, 1.165) is 17.9 Å². The van der Waals surface area contributed by atoms with Crippen molar-refractivity contribution in [1.82, 2.24) is 14.5 Å². The average Bonchev–Trinajstić information content (AvgIpc) is 2.35. The number of rotatable bonds is 3. The van der Waals surface area contributed by atoms with Crippen molar-refractivity contribution in [2.45, 2.75) is 19.9 Å². The number of nitrogens with zero attached hydrogens (tertiary/aromatic N) is 3. The van der Waals surface area contributed by atoms with Gasteiger partial charge in [0.15, 0.2) is 0 Å². The third-order valence-corrected chi connectivity index (χ3v) is 3.26. The smallest absolute Gasteiger partial charge is 0.266 e. The monoisotopic (exact) mass is 341 g/mol. The molecule has 0 atom stereocenters. The van der Waals surface area contributed by atoms with Gasteiger partial charge in [0, 0.05) is 31.1 Å². The molecule has 0 fully saturated rings. The normalized spacial score (nSPS) is 10.5. The molecule has 5 heteroatoms. The van der Waals surface area contributed by atoms with Gasteiger partial charge in [-0.05, 0) is 41.6 Å². The minimum Gasteiger partial charge on any atom is -0.296 e. The topological polar surface area (TPSA) is 47.8 Å². The summed E-state index contributed by atoms with van der Waals surface area (Å²) >= 11 is 2.01. The molecule has 0 unspecified atom stereocenters. The number of aromatic nitrogens is 3. The quantitative estimate of drug-likeness (QED) is 0.800. The molecular weight excluding hydrogens is 329 g/mol. The van der Waals surface area contributed by atoms with E-state index in [1.807, 2.05) is 47.7 Å². The maximum absolute atomic E-state index is 11.9. The molecule has 0 radical (unpaired) electrons. The van der Waals surface area contributed by atoms with Crippen molar-refractivity contribution in [3.05, 3.63) is 56.0 Å². The van der Waals surface area contributed by atoms with Crippen LogP contribution in [0.15, 0.2) is 35.4 Å². The van der Waals surface area contributed by atoms with Crippen LogP contribution in [0.2, 0.25) is 0 Å². The molecule has 0 amide bonds. The number of aryl methyl sites for hydroxylation is 2. The maximum Gasteiger partial charge on any atom is 0.266 e. The molecule has 0 aromatic carbocycles. The molecule has 0 spiro atoms. The fraction of sp³-hybridized carbons (Fsp3) is 0.250. The van der Waals surface area contributed by atoms with Gasteiger partial charge >= 0.3 is 0 Å². The van der Waals surface area contributed by atoms with Crippen LogP contribution in [0, 0.1) is 10.5 Å². The zero-order valence-electron chi connectivity index (χ0n) is 9.43. The molecule has 0 bridgehead atoms. The van der Waals surface area contributed by atoms with Crippen LogP contribution >= 0.6 is 22.6 Å². The lowest BCUT2D eigenvalue weighted by Gasteiger charge is -2.08. The highest BCUT2D eigenvalue weighted by atomic mass is 127. The zero-order valence-corrected chi connectivity index (χ0v) is 11.6. The van der Waals surface area contributed by atoms with Crippen molar-refractivity contribution in [3.63, 3.8) is 0 Å². The summed E-state index contributed by atoms with van der Waals surface area (Å²) in [5, 5.41) is 0. The Labute approximate surface area is 113 Å². The Morgan fingerprint density at radius 2 is 2.18 bits per heavy atom. The summed E-state index contributed by atoms with van der Waals surface area (Å²) in [4.78, 5) is 20.3. The molecule has 2 heterocycles. The average molecular weight is 341 g/mol. The first kappa shape index (κ1) is 12.2. The van der Waals surface area contributed by atoms with Gasteiger partial charge < -0.3 is 0 Å². The third kappa shape index (κ3) is 2.91. The van der Waals surface area contributed by atoms with Crippen LogP contribution in [0.3, 0.4) is 0 Å². The largest absolute Gasteiger partial charge is 0.296 e. The zero-order chi connectivity index (χ0) is 12.3. The Bertz CT molecular complexity index is 566. The van der Waals surface area contributed by atoms with Gasteiger partial charge in [-0.25, -0.2) is 4.98 Å². The number of halogens is 1. The van der Waals surface area contributed by atoms with E-state index in [-0.39, 0.29) is 5.56 Å². The first-order valence-corrected chi connectivity index (χ1v) is 6.38. The Morgan fingerprint density at radius 1 is 1.35 bits per heavy atom. The van der Waals surface area contributed by atoms with Crippen LogP contribution in [-0.2, 0) is 13.0 Å². The van der Waals surface area contributed by atoms with E-state index >= 15 is 0 Å². The van der Waals surface area contributed by atoms with Gasteiger partial charge in [0.05, 0.1) is 3.57 Å². The van der Waals surface area contributed by atoms with Gasteiger partial charge in [0.2, 0.25) is 0 Å². The van der Waals surface area contributed by atoms with Gasteiger partial charge in [-0.1, -0.05) is 6.07 Å². The first-order valence-electron chi connectivity index (χ1n) is 5.30. The fourth-order valence-electron chi connectivity index (χ4n) is 1.59. The lowest BCUT2D eigenvalue weighted by Crippen LogP contribution is -2.26. The molecule has 88 valence electrons. The summed E-state index contributed by atoms with van der Waals surface area (Å²) in [6.07, 6.45) is 4.11. The molecule has 2 aromatic rings. The van der Waals surface area contributed by atoms with Crippen LogP contribution in [0.25, 0.3) is 0 Å². The van der Waals surface area contributed by atoms with Crippen molar-refractivity contribution in [2.24, 2.45) is 0 Å². The standard InChI is InChI=1S/C12H12IN3O/c1-9-15-8-11(13)12(17)16(9)7-5-10-4-2-3-6-14-10/h2-4,6,8H,5,7H2,1H3. The predicted octanol–water partition coefficient (Wildman–Crippen LogP) is 1.79. The fourth-order valence-corrected chi connectivity index (χ4v) is 2.02. The summed E-state index contributed by atoms with van der Waals surface area (Å²) in [5.74, 6) is 0.742. The Balaban J connectivity index is 2.20. The van der Waals surface area contributed by atoms with Gasteiger partial charge in [-0.3, -0.25) is 14.3 Å². The molecule has 0 aliphatic carbocycles. The highest BCUT2D eigenvalue weighted by molar-refractivity contribution is 14.1. The molecule has 2 aromatic heterocycles. The lowest BCUT2D eigenvalue weighted by atomic mass is 10.2. The van der Waals surface area contributed by atoms with Crippen molar-refractivity contribution < 1.29 is 0 Å². The van der Waals surface area contributed by atoms with Gasteiger partial charge in [-0.2, -0.15) is 0 Å². The van der Waals surface area contributed by atoms with Crippen LogP contribution < -0.4 is 5.56 Å². The second kappa shape index (κ2) is 5.39. The van der Waals surface area contributed by atoms with E-state index in [1.54, 1.807) is 17.0 Å². The lowest BCUT2D eigenvalue weighted by molar-refractivity contribution is 0.619. The Morgan fingerprint density at radius 3 is 2.88 bits per heavy atom. The molecule has 0 aliphatic heterocycles. The minimum atomic E-state index is 0.0223. The highest BCUT2D eigenvalue weighted by Crippen LogP contribution is 2.01. The number of pyridine rings is 1. The van der Waals surface area contributed by atoms with E-state index in [2.05, 4.69) is 9.97 Å². The summed E-state index contributed by atoms with van der Waals surface area (Å²) in [7, 11) is 0. The summed E-state index contributed by atoms with van der Waals surface area (Å²) in [6.45, 7) is 2.46. The second-order valence-electron chi connectivity index (χ2n) is 3.68. The minimum absolute atomic E-state index is 0.0223. The van der Waals surface area contributed by atoms with Gasteiger partial charge in [0.25, 0.3) is 5.56 Å². The van der Waals surface area contributed by atoms with Crippen molar-refractivity contribution in [1.29, 1.82) is 0 Å². The van der Waals surface area contributed by atoms with Crippen LogP contribution in [-0.4, -0.2) is 14.5 Å². The SMILES string of the molecule is Cc1ncc(I)c(=O)n1CCc1ccccn1. The predicted molar refractivity (Wildman–Crippen MR) is 73.9 cm³/mol. The van der Waals surface area contributed by atoms with E-state index < -0.39 is 0 Å². The van der Waals surface area contributed by atoms with E-state index in [0.29, 0.717) is 10.1 Å². The van der Waals surface area contributed by atoms with Crippen molar-refractivity contribution >= 4 is 22.6 Å². The van der Waals surface area contributed by atoms with Crippen LogP contribution in [0.5, 0.6) is 0 Å². The Kier molecular flexibility index (Phi) is 3.88. The molecule has 2 rings (SSSR count). The Hall–Kier alpha value is -1.24. The molecule has 0 saturated carbocycles. The van der Waals surface area contributed by atoms with Crippen molar-refractivity contribution in [3.8, 4) is 0 Å². The molecule has 4 nitrogen and oxygen atoms in total. The molecule has 17 heavy (non-hydrogen) atoms. The third-order valence-electron chi connectivity index (χ3n) is 2.52. The van der Waals surface area contributed by atoms with E-state index in [1.165, 1.54) is 0 Å². The summed E-state index contributed by atoms with van der Waals surface area (Å²) < 4.78 is 2.34. The van der Waals surface area contributed by atoms with Crippen LogP contribution in [0.4, 0.5) is 0 Å². The number of hydrogen-bond donors (Lipinski definition) is 0. The first-order chi connectivity index (χ1) is 8.18. The van der Waals surface area contributed by atoms with Gasteiger partial charge in [-0.15, -0.1) is 0 Å². The molecular formula is C12H12IN3O. The summed E-state index contributed by atoms with van der Waals surface area (Å²) in [6, 6.07) is 5.79. The second-order valence-corrected chi connectivity index (χ2v) is 4.84. The molecule has 0 saturated heterocycles. The highest BCUT2D eigenvalue weighted by Gasteiger charge is 2.05. The van der Waals surface area contributed by atoms with Gasteiger partial charge in [0.1, 0.15) is 5.82 Å². The molecule has 0 aliphatic rings. The molecule has 0 N–H and O–H groups in total. The van der Waals surface area contributed by atoms with E-state index in [9.17, 15) is 4.79 Å².